The minimum atomic E-state index is 0.471. The third-order valence-corrected chi connectivity index (χ3v) is 5.86. The van der Waals surface area contributed by atoms with Gasteiger partial charge in [0, 0.05) is 42.5 Å². The number of hydrogen-bond acceptors (Lipinski definition) is 5. The van der Waals surface area contributed by atoms with Crippen molar-refractivity contribution >= 4 is 34.6 Å². The van der Waals surface area contributed by atoms with Crippen LogP contribution in [0.25, 0.3) is 10.9 Å². The monoisotopic (exact) mass is 372 g/mol. The third kappa shape index (κ3) is 3.69. The Morgan fingerprint density at radius 2 is 1.85 bits per heavy atom. The lowest BCUT2D eigenvalue weighted by Crippen LogP contribution is -2.47. The van der Waals surface area contributed by atoms with Crippen molar-refractivity contribution in [1.29, 1.82) is 0 Å². The SMILES string of the molecule is O=CCN1CCN(c2nc(C3CCCCC3)nc3ccc(Cl)cc23)CC1. The fourth-order valence-corrected chi connectivity index (χ4v) is 4.31. The molecule has 1 aromatic carbocycles. The zero-order chi connectivity index (χ0) is 17.9. The molecule has 0 amide bonds. The quantitative estimate of drug-likeness (QED) is 0.767. The number of fused-ring (bicyclic) bond motifs is 1. The van der Waals surface area contributed by atoms with Crippen molar-refractivity contribution in [1.82, 2.24) is 14.9 Å². The number of carbonyl (C=O) groups excluding carboxylic acids is 1. The van der Waals surface area contributed by atoms with Gasteiger partial charge < -0.3 is 9.69 Å². The molecule has 1 aliphatic heterocycles. The zero-order valence-corrected chi connectivity index (χ0v) is 15.8. The minimum absolute atomic E-state index is 0.471. The van der Waals surface area contributed by atoms with E-state index in [0.29, 0.717) is 17.5 Å². The number of nitrogens with zero attached hydrogens (tertiary/aromatic N) is 4. The number of rotatable bonds is 4. The summed E-state index contributed by atoms with van der Waals surface area (Å²) in [5.41, 5.74) is 0.982. The molecule has 2 heterocycles. The summed E-state index contributed by atoms with van der Waals surface area (Å²) >= 11 is 6.26. The number of anilines is 1. The van der Waals surface area contributed by atoms with Crippen molar-refractivity contribution in [3.8, 4) is 0 Å². The fourth-order valence-electron chi connectivity index (χ4n) is 4.13. The molecule has 0 spiro atoms. The molecule has 1 aliphatic carbocycles. The van der Waals surface area contributed by atoms with Gasteiger partial charge in [0.15, 0.2) is 0 Å². The van der Waals surface area contributed by atoms with Crippen LogP contribution >= 0.6 is 11.6 Å². The van der Waals surface area contributed by atoms with E-state index < -0.39 is 0 Å². The van der Waals surface area contributed by atoms with Gasteiger partial charge in [0.2, 0.25) is 0 Å². The van der Waals surface area contributed by atoms with Gasteiger partial charge in [-0.15, -0.1) is 0 Å². The van der Waals surface area contributed by atoms with Crippen molar-refractivity contribution in [2.75, 3.05) is 37.6 Å². The molecular weight excluding hydrogens is 348 g/mol. The fraction of sp³-hybridized carbons (Fsp3) is 0.550. The van der Waals surface area contributed by atoms with Crippen LogP contribution in [-0.2, 0) is 4.79 Å². The first-order valence-corrected chi connectivity index (χ1v) is 10.0. The van der Waals surface area contributed by atoms with E-state index in [1.165, 1.54) is 32.1 Å². The van der Waals surface area contributed by atoms with Gasteiger partial charge in [-0.05, 0) is 31.0 Å². The van der Waals surface area contributed by atoms with E-state index >= 15 is 0 Å². The summed E-state index contributed by atoms with van der Waals surface area (Å²) < 4.78 is 0. The molecule has 2 aliphatic rings. The maximum atomic E-state index is 10.8. The Morgan fingerprint density at radius 3 is 2.58 bits per heavy atom. The second-order valence-electron chi connectivity index (χ2n) is 7.36. The van der Waals surface area contributed by atoms with Crippen LogP contribution in [0.4, 0.5) is 5.82 Å². The van der Waals surface area contributed by atoms with Gasteiger partial charge in [0.1, 0.15) is 17.9 Å². The van der Waals surface area contributed by atoms with Gasteiger partial charge in [-0.3, -0.25) is 4.90 Å². The molecule has 0 atom stereocenters. The minimum Gasteiger partial charge on any atom is -0.353 e. The van der Waals surface area contributed by atoms with Crippen LogP contribution < -0.4 is 4.90 Å². The number of halogens is 1. The van der Waals surface area contributed by atoms with Crippen molar-refractivity contribution in [2.24, 2.45) is 0 Å². The van der Waals surface area contributed by atoms with Gasteiger partial charge >= 0.3 is 0 Å². The summed E-state index contributed by atoms with van der Waals surface area (Å²) in [7, 11) is 0. The molecule has 6 heteroatoms. The molecule has 1 aromatic heterocycles. The lowest BCUT2D eigenvalue weighted by Gasteiger charge is -2.35. The highest BCUT2D eigenvalue weighted by Gasteiger charge is 2.24. The molecule has 4 rings (SSSR count). The van der Waals surface area contributed by atoms with Crippen molar-refractivity contribution in [3.05, 3.63) is 29.0 Å². The van der Waals surface area contributed by atoms with Crippen molar-refractivity contribution in [2.45, 2.75) is 38.0 Å². The van der Waals surface area contributed by atoms with Gasteiger partial charge in [-0.1, -0.05) is 30.9 Å². The second-order valence-corrected chi connectivity index (χ2v) is 7.79. The van der Waals surface area contributed by atoms with E-state index in [9.17, 15) is 4.79 Å². The van der Waals surface area contributed by atoms with Gasteiger partial charge in [0.05, 0.1) is 12.1 Å². The lowest BCUT2D eigenvalue weighted by molar-refractivity contribution is -0.108. The first kappa shape index (κ1) is 17.7. The number of aromatic nitrogens is 2. The Balaban J connectivity index is 1.69. The summed E-state index contributed by atoms with van der Waals surface area (Å²) in [5.74, 6) is 2.47. The number of aldehydes is 1. The van der Waals surface area contributed by atoms with Crippen molar-refractivity contribution in [3.63, 3.8) is 0 Å². The van der Waals surface area contributed by atoms with E-state index in [1.807, 2.05) is 18.2 Å². The Hall–Kier alpha value is -1.72. The lowest BCUT2D eigenvalue weighted by atomic mass is 9.88. The first-order valence-electron chi connectivity index (χ1n) is 9.63. The average molecular weight is 373 g/mol. The van der Waals surface area contributed by atoms with Crippen LogP contribution in [0.1, 0.15) is 43.8 Å². The standard InChI is InChI=1S/C20H25ClN4O/c21-16-6-7-18-17(14-16)20(25-10-8-24(9-11-25)12-13-26)23-19(22-18)15-4-2-1-3-5-15/h6-7,13-15H,1-5,8-12H2. The number of piperazine rings is 1. The summed E-state index contributed by atoms with van der Waals surface area (Å²) in [6.45, 7) is 4.01. The number of carbonyl (C=O) groups is 1. The Bertz CT molecular complexity index is 783. The maximum Gasteiger partial charge on any atom is 0.140 e. The van der Waals surface area contributed by atoms with E-state index in [1.54, 1.807) is 0 Å². The molecule has 1 saturated heterocycles. The molecule has 2 aromatic rings. The predicted octanol–water partition coefficient (Wildman–Crippen LogP) is 3.65. The first-order chi connectivity index (χ1) is 12.7. The van der Waals surface area contributed by atoms with E-state index in [2.05, 4.69) is 9.80 Å². The summed E-state index contributed by atoms with van der Waals surface area (Å²) in [6, 6.07) is 5.90. The van der Waals surface area contributed by atoms with Crippen LogP contribution in [0.5, 0.6) is 0 Å². The highest BCUT2D eigenvalue weighted by molar-refractivity contribution is 6.31. The maximum absolute atomic E-state index is 10.8. The molecule has 5 nitrogen and oxygen atoms in total. The normalized spacial score (nSPS) is 19.8. The second kappa shape index (κ2) is 7.89. The Kier molecular flexibility index (Phi) is 5.36. The van der Waals surface area contributed by atoms with Gasteiger partial charge in [-0.25, -0.2) is 9.97 Å². The number of benzene rings is 1. The molecule has 138 valence electrons. The van der Waals surface area contributed by atoms with Gasteiger partial charge in [-0.2, -0.15) is 0 Å². The topological polar surface area (TPSA) is 49.3 Å². The zero-order valence-electron chi connectivity index (χ0n) is 15.0. The Labute approximate surface area is 159 Å². The molecule has 0 bridgehead atoms. The summed E-state index contributed by atoms with van der Waals surface area (Å²) in [4.78, 5) is 25.2. The van der Waals surface area contributed by atoms with Crippen LogP contribution in [0.2, 0.25) is 5.02 Å². The van der Waals surface area contributed by atoms with Gasteiger partial charge in [0.25, 0.3) is 0 Å². The van der Waals surface area contributed by atoms with Crippen molar-refractivity contribution < 1.29 is 4.79 Å². The number of hydrogen-bond donors (Lipinski definition) is 0. The molecular formula is C20H25ClN4O. The van der Waals surface area contributed by atoms with Crippen LogP contribution in [0, 0.1) is 0 Å². The molecule has 1 saturated carbocycles. The largest absolute Gasteiger partial charge is 0.353 e. The molecule has 0 N–H and O–H groups in total. The highest BCUT2D eigenvalue weighted by Crippen LogP contribution is 2.34. The Morgan fingerprint density at radius 1 is 1.08 bits per heavy atom. The van der Waals surface area contributed by atoms with E-state index in [4.69, 9.17) is 21.6 Å². The molecule has 0 unspecified atom stereocenters. The highest BCUT2D eigenvalue weighted by atomic mass is 35.5. The van der Waals surface area contributed by atoms with Crippen LogP contribution in [0.15, 0.2) is 18.2 Å². The van der Waals surface area contributed by atoms with E-state index in [0.717, 1.165) is 55.0 Å². The smallest absolute Gasteiger partial charge is 0.140 e. The molecule has 2 fully saturated rings. The molecule has 26 heavy (non-hydrogen) atoms. The van der Waals surface area contributed by atoms with E-state index in [-0.39, 0.29) is 0 Å². The van der Waals surface area contributed by atoms with Crippen LogP contribution in [-0.4, -0.2) is 53.9 Å². The average Bonchev–Trinajstić information content (AvgIpc) is 2.69. The predicted molar refractivity (Wildman–Crippen MR) is 105 cm³/mol. The molecule has 0 radical (unpaired) electrons. The van der Waals surface area contributed by atoms with Crippen LogP contribution in [0.3, 0.4) is 0 Å². The summed E-state index contributed by atoms with van der Waals surface area (Å²) in [6.07, 6.45) is 7.22. The summed E-state index contributed by atoms with van der Waals surface area (Å²) in [5, 5.41) is 1.74. The third-order valence-electron chi connectivity index (χ3n) is 5.63.